The second-order valence-corrected chi connectivity index (χ2v) is 11.1. The molecular weight excluding hydrogens is 432 g/mol. The van der Waals surface area contributed by atoms with Crippen molar-refractivity contribution in [1.82, 2.24) is 0 Å². The normalized spacial score (nSPS) is 17.3. The molecule has 1 aliphatic carbocycles. The van der Waals surface area contributed by atoms with E-state index in [0.717, 1.165) is 6.42 Å². The molecule has 0 aliphatic heterocycles. The number of hydrogen-bond donors (Lipinski definition) is 0. The maximum Gasteiger partial charge on any atom is 0.00928 e. The highest BCUT2D eigenvalue weighted by Gasteiger charge is 2.30. The van der Waals surface area contributed by atoms with Gasteiger partial charge in [-0.1, -0.05) is 119 Å². The lowest BCUT2D eigenvalue weighted by Gasteiger charge is -2.28. The van der Waals surface area contributed by atoms with Gasteiger partial charge in [-0.15, -0.1) is 0 Å². The molecule has 0 spiro atoms. The number of fused-ring (bicyclic) bond motifs is 1. The second-order valence-electron chi connectivity index (χ2n) is 11.1. The topological polar surface area (TPSA) is 0 Å². The molecule has 0 nitrogen and oxygen atoms in total. The number of allylic oxidation sites excluding steroid dienone is 3. The molecule has 0 fully saturated rings. The van der Waals surface area contributed by atoms with Gasteiger partial charge in [0.25, 0.3) is 0 Å². The molecule has 0 saturated heterocycles. The minimum absolute atomic E-state index is 0.342. The van der Waals surface area contributed by atoms with Gasteiger partial charge in [0, 0.05) is 11.8 Å². The maximum absolute atomic E-state index is 4.69. The summed E-state index contributed by atoms with van der Waals surface area (Å²) in [6.07, 6.45) is 7.17. The van der Waals surface area contributed by atoms with E-state index in [-0.39, 0.29) is 0 Å². The number of hydrogen-bond acceptors (Lipinski definition) is 0. The largest absolute Gasteiger partial charge is 0.0990 e. The highest BCUT2D eigenvalue weighted by molar-refractivity contribution is 5.74. The molecule has 0 N–H and O–H groups in total. The average molecular weight is 477 g/mol. The summed E-state index contributed by atoms with van der Waals surface area (Å²) in [6, 6.07) is 25.1. The zero-order valence-corrected chi connectivity index (χ0v) is 23.3. The third-order valence-electron chi connectivity index (χ3n) is 8.63. The van der Waals surface area contributed by atoms with Crippen LogP contribution < -0.4 is 0 Å². The monoisotopic (exact) mass is 476 g/mol. The summed E-state index contributed by atoms with van der Waals surface area (Å²) in [4.78, 5) is 0. The fourth-order valence-electron chi connectivity index (χ4n) is 6.20. The van der Waals surface area contributed by atoms with Crippen molar-refractivity contribution in [2.45, 2.75) is 85.0 Å². The minimum atomic E-state index is 0.342. The summed E-state index contributed by atoms with van der Waals surface area (Å²) in [7, 11) is 0. The maximum atomic E-state index is 4.69. The Kier molecular flexibility index (Phi) is 8.35. The quantitative estimate of drug-likeness (QED) is 0.255. The van der Waals surface area contributed by atoms with Crippen LogP contribution >= 0.6 is 0 Å². The number of benzene rings is 3. The van der Waals surface area contributed by atoms with Crippen molar-refractivity contribution in [2.24, 2.45) is 5.92 Å². The Hall–Kier alpha value is -2.86. The van der Waals surface area contributed by atoms with Gasteiger partial charge in [-0.25, -0.2) is 0 Å². The first-order chi connectivity index (χ1) is 17.3. The molecule has 0 heteroatoms. The fraction of sp³-hybridized carbons (Fsp3) is 0.389. The van der Waals surface area contributed by atoms with Crippen LogP contribution in [0.3, 0.4) is 0 Å². The van der Waals surface area contributed by atoms with Gasteiger partial charge in [0.05, 0.1) is 0 Å². The van der Waals surface area contributed by atoms with Crippen LogP contribution in [0.4, 0.5) is 0 Å². The molecule has 0 radical (unpaired) electrons. The lowest BCUT2D eigenvalue weighted by molar-refractivity contribution is 0.570. The van der Waals surface area contributed by atoms with E-state index in [9.17, 15) is 0 Å². The van der Waals surface area contributed by atoms with E-state index in [1.165, 1.54) is 69.4 Å². The van der Waals surface area contributed by atoms with E-state index in [4.69, 9.17) is 0 Å². The van der Waals surface area contributed by atoms with Crippen LogP contribution in [0.2, 0.25) is 0 Å². The smallest absolute Gasteiger partial charge is 0.00928 e. The van der Waals surface area contributed by atoms with Crippen molar-refractivity contribution < 1.29 is 0 Å². The second kappa shape index (κ2) is 11.5. The van der Waals surface area contributed by atoms with Gasteiger partial charge >= 0.3 is 0 Å². The van der Waals surface area contributed by atoms with Crippen LogP contribution in [0.15, 0.2) is 85.0 Å². The molecule has 4 rings (SSSR count). The van der Waals surface area contributed by atoms with Gasteiger partial charge in [-0.05, 0) is 89.5 Å². The molecule has 3 unspecified atom stereocenters. The van der Waals surface area contributed by atoms with E-state index >= 15 is 0 Å². The number of rotatable bonds is 10. The third kappa shape index (κ3) is 5.44. The summed E-state index contributed by atoms with van der Waals surface area (Å²) >= 11 is 0. The van der Waals surface area contributed by atoms with Crippen LogP contribution in [0.1, 0.15) is 111 Å². The first-order valence-corrected chi connectivity index (χ1v) is 14.0. The summed E-state index contributed by atoms with van der Waals surface area (Å²) in [6.45, 7) is 18.6. The molecule has 188 valence electrons. The summed E-state index contributed by atoms with van der Waals surface area (Å²) in [5.41, 5.74) is 12.7. The Morgan fingerprint density at radius 3 is 2.33 bits per heavy atom. The third-order valence-corrected chi connectivity index (χ3v) is 8.63. The lowest BCUT2D eigenvalue weighted by atomic mass is 9.76. The predicted octanol–water partition coefficient (Wildman–Crippen LogP) is 10.4. The van der Waals surface area contributed by atoms with Gasteiger partial charge in [0.15, 0.2) is 0 Å². The standard InChI is InChI=1S/C36H44/c1-8-13-31(9-2)32-18-16-24(3)34(23-32)27(6)26(5)28(7)36-20-25(4)35-22-30(17-19-33(35)36)21-29-14-11-10-12-15-29/h10-12,14-20,22-23,27-28,31,36H,5,8-9,13,21H2,1-4,6-7H3/t27-,28?,31?,36?/m1/s1. The van der Waals surface area contributed by atoms with E-state index in [2.05, 4.69) is 121 Å². The summed E-state index contributed by atoms with van der Waals surface area (Å²) in [5.74, 6) is 1.78. The van der Waals surface area contributed by atoms with Crippen molar-refractivity contribution >= 4 is 5.57 Å². The Labute approximate surface area is 220 Å². The van der Waals surface area contributed by atoms with E-state index in [1.807, 2.05) is 0 Å². The summed E-state index contributed by atoms with van der Waals surface area (Å²) < 4.78 is 0. The van der Waals surface area contributed by atoms with E-state index < -0.39 is 0 Å². The molecule has 1 aliphatic rings. The molecule has 36 heavy (non-hydrogen) atoms. The van der Waals surface area contributed by atoms with E-state index in [1.54, 1.807) is 0 Å². The van der Waals surface area contributed by atoms with Gasteiger partial charge in [-0.3, -0.25) is 0 Å². The van der Waals surface area contributed by atoms with Gasteiger partial charge in [0.1, 0.15) is 0 Å². The Bertz CT molecular complexity index is 1230. The van der Waals surface area contributed by atoms with Crippen LogP contribution in [-0.4, -0.2) is 0 Å². The van der Waals surface area contributed by atoms with Crippen LogP contribution in [0.25, 0.3) is 5.57 Å². The van der Waals surface area contributed by atoms with Gasteiger partial charge < -0.3 is 0 Å². The lowest BCUT2D eigenvalue weighted by Crippen LogP contribution is -2.14. The molecule has 0 heterocycles. The molecule has 4 atom stereocenters. The van der Waals surface area contributed by atoms with Crippen molar-refractivity contribution in [3.8, 4) is 0 Å². The molecule has 0 bridgehead atoms. The first-order valence-electron chi connectivity index (χ1n) is 14.0. The number of aryl methyl sites for hydroxylation is 1. The SMILES string of the molecule is C=C(C(C)C1C=C(C)c2cc(Cc3ccccc3)ccc21)[C@@H](C)c1cc(C(CC)CCC)ccc1C. The average Bonchev–Trinajstić information content (AvgIpc) is 3.22. The Balaban J connectivity index is 1.55. The molecule has 3 aromatic rings. The van der Waals surface area contributed by atoms with E-state index in [0.29, 0.717) is 23.7 Å². The van der Waals surface area contributed by atoms with Gasteiger partial charge in [0.2, 0.25) is 0 Å². The van der Waals surface area contributed by atoms with Crippen molar-refractivity contribution in [1.29, 1.82) is 0 Å². The zero-order chi connectivity index (χ0) is 25.8. The van der Waals surface area contributed by atoms with Crippen LogP contribution in [0, 0.1) is 12.8 Å². The first kappa shape index (κ1) is 26.2. The highest BCUT2D eigenvalue weighted by atomic mass is 14.3. The zero-order valence-electron chi connectivity index (χ0n) is 23.3. The highest BCUT2D eigenvalue weighted by Crippen LogP contribution is 2.45. The van der Waals surface area contributed by atoms with Crippen LogP contribution in [0.5, 0.6) is 0 Å². The van der Waals surface area contributed by atoms with Crippen molar-refractivity contribution in [3.05, 3.63) is 124 Å². The predicted molar refractivity (Wildman–Crippen MR) is 158 cm³/mol. The Morgan fingerprint density at radius 1 is 0.889 bits per heavy atom. The fourth-order valence-corrected chi connectivity index (χ4v) is 6.20. The molecule has 0 aromatic heterocycles. The van der Waals surface area contributed by atoms with Crippen LogP contribution in [-0.2, 0) is 6.42 Å². The Morgan fingerprint density at radius 2 is 1.64 bits per heavy atom. The molecule has 0 saturated carbocycles. The summed E-state index contributed by atoms with van der Waals surface area (Å²) in [5, 5.41) is 0. The molecule has 0 amide bonds. The van der Waals surface area contributed by atoms with Gasteiger partial charge in [-0.2, -0.15) is 0 Å². The van der Waals surface area contributed by atoms with Crippen molar-refractivity contribution in [2.75, 3.05) is 0 Å². The van der Waals surface area contributed by atoms with Crippen molar-refractivity contribution in [3.63, 3.8) is 0 Å². The minimum Gasteiger partial charge on any atom is -0.0990 e. The molecular formula is C36H44. The molecule has 3 aromatic carbocycles.